The van der Waals surface area contributed by atoms with E-state index in [4.69, 9.17) is 4.74 Å². The van der Waals surface area contributed by atoms with Gasteiger partial charge in [0.15, 0.2) is 11.5 Å². The smallest absolute Gasteiger partial charge is 0.157 e. The second-order valence-corrected chi connectivity index (χ2v) is 4.04. The van der Waals surface area contributed by atoms with E-state index in [9.17, 15) is 10.2 Å². The van der Waals surface area contributed by atoms with Crippen LogP contribution in [-0.4, -0.2) is 22.9 Å². The van der Waals surface area contributed by atoms with Crippen molar-refractivity contribution < 1.29 is 14.9 Å². The van der Waals surface area contributed by atoms with Crippen molar-refractivity contribution in [2.75, 3.05) is 6.61 Å². The molecule has 0 aromatic carbocycles. The van der Waals surface area contributed by atoms with Crippen LogP contribution >= 0.6 is 0 Å². The summed E-state index contributed by atoms with van der Waals surface area (Å²) in [6, 6.07) is 0. The number of hydrogen-bond donors (Lipinski definition) is 2. The number of aliphatic hydroxyl groups is 2. The molecular weight excluding hydrogens is 216 g/mol. The molecule has 0 rings (SSSR count). The summed E-state index contributed by atoms with van der Waals surface area (Å²) in [5.41, 5.74) is 0. The van der Waals surface area contributed by atoms with Crippen molar-refractivity contribution in [3.8, 4) is 0 Å². The van der Waals surface area contributed by atoms with Gasteiger partial charge in [0.25, 0.3) is 0 Å². The van der Waals surface area contributed by atoms with Crippen molar-refractivity contribution in [3.63, 3.8) is 0 Å². The van der Waals surface area contributed by atoms with Gasteiger partial charge in [0.05, 0.1) is 6.61 Å². The molecule has 0 aliphatic heterocycles. The van der Waals surface area contributed by atoms with Crippen LogP contribution in [0.1, 0.15) is 52.9 Å². The van der Waals surface area contributed by atoms with Crippen LogP contribution in [0.3, 0.4) is 0 Å². The van der Waals surface area contributed by atoms with Crippen LogP contribution in [0.2, 0.25) is 0 Å². The van der Waals surface area contributed by atoms with E-state index in [0.29, 0.717) is 5.76 Å². The van der Waals surface area contributed by atoms with Crippen molar-refractivity contribution >= 4 is 0 Å². The van der Waals surface area contributed by atoms with Gasteiger partial charge in [-0.05, 0) is 37.8 Å². The molecule has 0 aliphatic rings. The Morgan fingerprint density at radius 3 is 2.29 bits per heavy atom. The van der Waals surface area contributed by atoms with Gasteiger partial charge >= 0.3 is 0 Å². The summed E-state index contributed by atoms with van der Waals surface area (Å²) < 4.78 is 5.65. The maximum atomic E-state index is 9.80. The maximum Gasteiger partial charge on any atom is 0.157 e. The number of allylic oxidation sites excluding steroid dienone is 2. The number of hydrogen-bond acceptors (Lipinski definition) is 3. The molecule has 17 heavy (non-hydrogen) atoms. The van der Waals surface area contributed by atoms with E-state index < -0.39 is 0 Å². The molecule has 0 bridgehead atoms. The minimum Gasteiger partial charge on any atom is -0.504 e. The van der Waals surface area contributed by atoms with E-state index in [2.05, 4.69) is 6.92 Å². The van der Waals surface area contributed by atoms with E-state index >= 15 is 0 Å². The second-order valence-electron chi connectivity index (χ2n) is 4.04. The normalized spacial score (nSPS) is 14.8. The second kappa shape index (κ2) is 10.2. The molecule has 100 valence electrons. The third-order valence-electron chi connectivity index (χ3n) is 2.42. The highest BCUT2D eigenvalue weighted by atomic mass is 16.5. The molecule has 0 heterocycles. The molecule has 0 saturated heterocycles. The van der Waals surface area contributed by atoms with E-state index in [1.54, 1.807) is 6.08 Å². The fourth-order valence-electron chi connectivity index (χ4n) is 1.49. The Labute approximate surface area is 105 Å². The Kier molecular flexibility index (Phi) is 9.63. The Bertz CT molecular complexity index is 244. The minimum absolute atomic E-state index is 0.0134. The Morgan fingerprint density at radius 2 is 1.82 bits per heavy atom. The molecule has 0 aromatic rings. The number of rotatable bonds is 9. The first-order valence-corrected chi connectivity index (χ1v) is 6.56. The Morgan fingerprint density at radius 1 is 1.18 bits per heavy atom. The zero-order chi connectivity index (χ0) is 13.1. The van der Waals surface area contributed by atoms with Crippen molar-refractivity contribution in [1.82, 2.24) is 0 Å². The molecular formula is C14H26O3. The summed E-state index contributed by atoms with van der Waals surface area (Å²) in [4.78, 5) is 0. The first-order valence-electron chi connectivity index (χ1n) is 6.56. The SMILES string of the molecule is CCC=C(O)C(=CCC)OC(CO)CCCC. The number of ether oxygens (including phenoxy) is 1. The van der Waals surface area contributed by atoms with Gasteiger partial charge in [-0.2, -0.15) is 0 Å². The van der Waals surface area contributed by atoms with Gasteiger partial charge in [-0.1, -0.05) is 27.2 Å². The van der Waals surface area contributed by atoms with Gasteiger partial charge in [-0.25, -0.2) is 0 Å². The number of unbranched alkanes of at least 4 members (excludes halogenated alkanes) is 1. The summed E-state index contributed by atoms with van der Waals surface area (Å²) in [6.45, 7) is 6.04. The molecule has 0 aromatic heterocycles. The Balaban J connectivity index is 4.51. The average molecular weight is 242 g/mol. The molecule has 0 radical (unpaired) electrons. The topological polar surface area (TPSA) is 49.7 Å². The highest BCUT2D eigenvalue weighted by Gasteiger charge is 2.12. The molecule has 0 spiro atoms. The van der Waals surface area contributed by atoms with Crippen LogP contribution in [-0.2, 0) is 4.74 Å². The van der Waals surface area contributed by atoms with Gasteiger partial charge in [0.1, 0.15) is 6.10 Å². The third kappa shape index (κ3) is 7.05. The summed E-state index contributed by atoms with van der Waals surface area (Å²) in [5, 5.41) is 19.0. The van der Waals surface area contributed by atoms with Crippen molar-refractivity contribution in [2.45, 2.75) is 59.0 Å². The lowest BCUT2D eigenvalue weighted by molar-refractivity contribution is 0.0472. The lowest BCUT2D eigenvalue weighted by Gasteiger charge is -2.18. The van der Waals surface area contributed by atoms with E-state index in [1.807, 2.05) is 19.9 Å². The average Bonchev–Trinajstić information content (AvgIpc) is 2.33. The van der Waals surface area contributed by atoms with Gasteiger partial charge < -0.3 is 14.9 Å². The molecule has 1 unspecified atom stereocenters. The monoisotopic (exact) mass is 242 g/mol. The molecule has 0 amide bonds. The summed E-state index contributed by atoms with van der Waals surface area (Å²) in [6.07, 6.45) is 7.80. The number of aliphatic hydroxyl groups excluding tert-OH is 2. The maximum absolute atomic E-state index is 9.80. The van der Waals surface area contributed by atoms with Crippen LogP contribution in [0.25, 0.3) is 0 Å². The zero-order valence-corrected chi connectivity index (χ0v) is 11.3. The van der Waals surface area contributed by atoms with Crippen LogP contribution in [0.5, 0.6) is 0 Å². The Hall–Kier alpha value is -0.960. The minimum atomic E-state index is -0.222. The van der Waals surface area contributed by atoms with E-state index in [1.165, 1.54) is 0 Å². The first-order chi connectivity index (χ1) is 8.19. The fourth-order valence-corrected chi connectivity index (χ4v) is 1.49. The first kappa shape index (κ1) is 16.0. The van der Waals surface area contributed by atoms with Crippen molar-refractivity contribution in [2.24, 2.45) is 0 Å². The van der Waals surface area contributed by atoms with Gasteiger partial charge in [0.2, 0.25) is 0 Å². The van der Waals surface area contributed by atoms with Crippen LogP contribution in [0.15, 0.2) is 23.7 Å². The molecule has 0 saturated carbocycles. The van der Waals surface area contributed by atoms with E-state index in [0.717, 1.165) is 32.1 Å². The van der Waals surface area contributed by atoms with Gasteiger partial charge in [0, 0.05) is 0 Å². The standard InChI is InChI=1S/C14H26O3/c1-4-7-10-12(11-15)17-14(9-6-3)13(16)8-5-2/h8-9,12,15-16H,4-7,10-11H2,1-3H3. The zero-order valence-electron chi connectivity index (χ0n) is 11.3. The molecule has 1 atom stereocenters. The molecule has 3 heteroatoms. The lowest BCUT2D eigenvalue weighted by atomic mass is 10.1. The largest absolute Gasteiger partial charge is 0.504 e. The molecule has 0 aliphatic carbocycles. The molecule has 3 nitrogen and oxygen atoms in total. The molecule has 0 fully saturated rings. The fraction of sp³-hybridized carbons (Fsp3) is 0.714. The summed E-state index contributed by atoms with van der Waals surface area (Å²) in [7, 11) is 0. The molecule has 2 N–H and O–H groups in total. The van der Waals surface area contributed by atoms with Crippen molar-refractivity contribution in [3.05, 3.63) is 23.7 Å². The lowest BCUT2D eigenvalue weighted by Crippen LogP contribution is -2.18. The summed E-state index contributed by atoms with van der Waals surface area (Å²) in [5.74, 6) is 0.661. The highest BCUT2D eigenvalue weighted by molar-refractivity contribution is 5.18. The van der Waals surface area contributed by atoms with E-state index in [-0.39, 0.29) is 18.5 Å². The summed E-state index contributed by atoms with van der Waals surface area (Å²) >= 11 is 0. The predicted octanol–water partition coefficient (Wildman–Crippen LogP) is 3.70. The predicted molar refractivity (Wildman–Crippen MR) is 70.9 cm³/mol. The highest BCUT2D eigenvalue weighted by Crippen LogP contribution is 2.16. The van der Waals surface area contributed by atoms with Crippen molar-refractivity contribution in [1.29, 1.82) is 0 Å². The van der Waals surface area contributed by atoms with Gasteiger partial charge in [-0.3, -0.25) is 0 Å². The van der Waals surface area contributed by atoms with Crippen LogP contribution in [0, 0.1) is 0 Å². The third-order valence-corrected chi connectivity index (χ3v) is 2.42. The van der Waals surface area contributed by atoms with Crippen LogP contribution < -0.4 is 0 Å². The van der Waals surface area contributed by atoms with Crippen LogP contribution in [0.4, 0.5) is 0 Å². The quantitative estimate of drug-likeness (QED) is 0.479. The van der Waals surface area contributed by atoms with Gasteiger partial charge in [-0.15, -0.1) is 0 Å².